The average Bonchev–Trinajstić information content (AvgIpc) is 2.41. The lowest BCUT2D eigenvalue weighted by molar-refractivity contribution is -0.385. The Bertz CT molecular complexity index is 535. The number of amides is 1. The van der Waals surface area contributed by atoms with E-state index in [0.717, 1.165) is 16.8 Å². The number of carbonyl (C=O) groups is 1. The first kappa shape index (κ1) is 11.6. The van der Waals surface area contributed by atoms with E-state index < -0.39 is 10.3 Å². The predicted molar refractivity (Wildman–Crippen MR) is 64.3 cm³/mol. The third-order valence-electron chi connectivity index (χ3n) is 3.34. The highest BCUT2D eigenvalue weighted by Gasteiger charge is 2.43. The van der Waals surface area contributed by atoms with Gasteiger partial charge in [-0.15, -0.1) is 0 Å². The molecule has 0 aliphatic carbocycles. The molecule has 0 saturated heterocycles. The molecule has 0 spiro atoms. The zero-order valence-electron chi connectivity index (χ0n) is 10.3. The summed E-state index contributed by atoms with van der Waals surface area (Å²) in [6.45, 7) is 5.37. The first-order valence-corrected chi connectivity index (χ1v) is 5.34. The number of nitrogens with zero attached hydrogens (tertiary/aromatic N) is 2. The summed E-state index contributed by atoms with van der Waals surface area (Å²) < 4.78 is 0. The molecular weight excluding hydrogens is 220 g/mol. The van der Waals surface area contributed by atoms with Gasteiger partial charge in [-0.25, -0.2) is 0 Å². The number of nitro groups is 1. The molecule has 1 aliphatic rings. The fraction of sp³-hybridized carbons (Fsp3) is 0.417. The molecule has 1 amide bonds. The Hall–Kier alpha value is -1.91. The van der Waals surface area contributed by atoms with Crippen molar-refractivity contribution in [2.24, 2.45) is 0 Å². The van der Waals surface area contributed by atoms with E-state index in [4.69, 9.17) is 0 Å². The summed E-state index contributed by atoms with van der Waals surface area (Å²) in [6, 6.07) is 3.01. The summed E-state index contributed by atoms with van der Waals surface area (Å²) >= 11 is 0. The Morgan fingerprint density at radius 1 is 1.35 bits per heavy atom. The van der Waals surface area contributed by atoms with Crippen LogP contribution in [0.2, 0.25) is 0 Å². The molecule has 17 heavy (non-hydrogen) atoms. The molecule has 1 aromatic carbocycles. The summed E-state index contributed by atoms with van der Waals surface area (Å²) in [5.74, 6) is -0.0314. The Balaban J connectivity index is 2.75. The van der Waals surface area contributed by atoms with E-state index in [1.165, 1.54) is 12.1 Å². The number of hydrogen-bond acceptors (Lipinski definition) is 3. The van der Waals surface area contributed by atoms with Gasteiger partial charge in [-0.3, -0.25) is 14.9 Å². The summed E-state index contributed by atoms with van der Waals surface area (Å²) in [4.78, 5) is 24.1. The summed E-state index contributed by atoms with van der Waals surface area (Å²) in [5.41, 5.74) is 1.64. The lowest BCUT2D eigenvalue weighted by Crippen LogP contribution is -2.33. The fourth-order valence-electron chi connectivity index (χ4n) is 2.42. The van der Waals surface area contributed by atoms with Gasteiger partial charge in [0.05, 0.1) is 16.0 Å². The van der Waals surface area contributed by atoms with E-state index in [1.807, 2.05) is 0 Å². The van der Waals surface area contributed by atoms with Gasteiger partial charge in [0.25, 0.3) is 5.69 Å². The molecule has 5 heteroatoms. The molecule has 5 nitrogen and oxygen atoms in total. The van der Waals surface area contributed by atoms with Crippen LogP contribution in [0.5, 0.6) is 0 Å². The average molecular weight is 234 g/mol. The Kier molecular flexibility index (Phi) is 2.24. The lowest BCUT2D eigenvalue weighted by atomic mass is 9.85. The Morgan fingerprint density at radius 2 is 1.94 bits per heavy atom. The van der Waals surface area contributed by atoms with E-state index in [-0.39, 0.29) is 11.6 Å². The number of hydrogen-bond donors (Lipinski definition) is 0. The number of nitro benzene ring substituents is 1. The van der Waals surface area contributed by atoms with Crippen molar-refractivity contribution >= 4 is 17.3 Å². The number of fused-ring (bicyclic) bond motifs is 1. The van der Waals surface area contributed by atoms with Crippen LogP contribution in [0.25, 0.3) is 0 Å². The highest BCUT2D eigenvalue weighted by atomic mass is 16.6. The van der Waals surface area contributed by atoms with Crippen molar-refractivity contribution in [3.05, 3.63) is 33.4 Å². The normalized spacial score (nSPS) is 17.2. The fourth-order valence-corrected chi connectivity index (χ4v) is 2.42. The van der Waals surface area contributed by atoms with Crippen molar-refractivity contribution in [2.45, 2.75) is 26.2 Å². The molecule has 0 aromatic heterocycles. The second kappa shape index (κ2) is 3.29. The zero-order valence-corrected chi connectivity index (χ0v) is 10.3. The first-order chi connectivity index (χ1) is 7.76. The maximum absolute atomic E-state index is 12.1. The monoisotopic (exact) mass is 234 g/mol. The number of carbonyl (C=O) groups excluding carboxylic acids is 1. The van der Waals surface area contributed by atoms with Crippen molar-refractivity contribution < 1.29 is 9.72 Å². The molecule has 0 bridgehead atoms. The van der Waals surface area contributed by atoms with Crippen LogP contribution in [0.3, 0.4) is 0 Å². The molecular formula is C12H14N2O3. The third-order valence-corrected chi connectivity index (χ3v) is 3.34. The zero-order chi connectivity index (χ0) is 13.0. The van der Waals surface area contributed by atoms with Gasteiger partial charge in [-0.2, -0.15) is 0 Å². The predicted octanol–water partition coefficient (Wildman–Crippen LogP) is 2.16. The van der Waals surface area contributed by atoms with Crippen molar-refractivity contribution in [3.63, 3.8) is 0 Å². The minimum absolute atomic E-state index is 0.0314. The van der Waals surface area contributed by atoms with Crippen LogP contribution < -0.4 is 4.90 Å². The molecule has 0 atom stereocenters. The molecule has 2 rings (SSSR count). The second-order valence-electron chi connectivity index (χ2n) is 4.91. The Morgan fingerprint density at radius 3 is 2.47 bits per heavy atom. The van der Waals surface area contributed by atoms with Gasteiger partial charge < -0.3 is 4.90 Å². The topological polar surface area (TPSA) is 63.5 Å². The number of benzene rings is 1. The SMILES string of the molecule is Cc1cc([N+](=O)[O-])cc2c1N(C)C(=O)C2(C)C. The van der Waals surface area contributed by atoms with Crippen molar-refractivity contribution in [3.8, 4) is 0 Å². The molecule has 1 aliphatic heterocycles. The maximum atomic E-state index is 12.1. The number of likely N-dealkylation sites (N-methyl/N-ethyl adjacent to an activating group) is 1. The quantitative estimate of drug-likeness (QED) is 0.552. The van der Waals surface area contributed by atoms with Crippen LogP contribution in [0.15, 0.2) is 12.1 Å². The summed E-state index contributed by atoms with van der Waals surface area (Å²) in [6.07, 6.45) is 0. The van der Waals surface area contributed by atoms with Crippen molar-refractivity contribution in [1.29, 1.82) is 0 Å². The smallest absolute Gasteiger partial charge is 0.270 e. The molecule has 0 fully saturated rings. The summed E-state index contributed by atoms with van der Waals surface area (Å²) in [5, 5.41) is 10.8. The minimum atomic E-state index is -0.694. The second-order valence-corrected chi connectivity index (χ2v) is 4.91. The number of non-ortho nitro benzene ring substituents is 1. The van der Waals surface area contributed by atoms with E-state index in [1.54, 1.807) is 32.7 Å². The van der Waals surface area contributed by atoms with E-state index in [2.05, 4.69) is 0 Å². The van der Waals surface area contributed by atoms with Gasteiger partial charge >= 0.3 is 0 Å². The standard InChI is InChI=1S/C12H14N2O3/c1-7-5-8(14(16)17)6-9-10(7)13(4)11(15)12(9,2)3/h5-6H,1-4H3. The van der Waals surface area contributed by atoms with Gasteiger partial charge in [-0.05, 0) is 31.9 Å². The highest BCUT2D eigenvalue weighted by Crippen LogP contribution is 2.44. The van der Waals surface area contributed by atoms with Crippen LogP contribution in [-0.2, 0) is 10.2 Å². The number of anilines is 1. The van der Waals surface area contributed by atoms with Gasteiger partial charge in [0.1, 0.15) is 0 Å². The summed E-state index contributed by atoms with van der Waals surface area (Å²) in [7, 11) is 1.70. The molecule has 0 N–H and O–H groups in total. The minimum Gasteiger partial charge on any atom is -0.314 e. The van der Waals surface area contributed by atoms with E-state index >= 15 is 0 Å². The van der Waals surface area contributed by atoms with Gasteiger partial charge in [0, 0.05) is 19.2 Å². The van der Waals surface area contributed by atoms with Crippen molar-refractivity contribution in [2.75, 3.05) is 11.9 Å². The van der Waals surface area contributed by atoms with E-state index in [0.29, 0.717) is 0 Å². The van der Waals surface area contributed by atoms with Crippen LogP contribution >= 0.6 is 0 Å². The van der Waals surface area contributed by atoms with Gasteiger partial charge in [0.2, 0.25) is 5.91 Å². The molecule has 0 unspecified atom stereocenters. The number of aryl methyl sites for hydroxylation is 1. The largest absolute Gasteiger partial charge is 0.314 e. The highest BCUT2D eigenvalue weighted by molar-refractivity contribution is 6.08. The van der Waals surface area contributed by atoms with Crippen LogP contribution in [0.1, 0.15) is 25.0 Å². The van der Waals surface area contributed by atoms with Crippen LogP contribution in [0, 0.1) is 17.0 Å². The van der Waals surface area contributed by atoms with Crippen LogP contribution in [0.4, 0.5) is 11.4 Å². The third kappa shape index (κ3) is 1.42. The molecule has 1 heterocycles. The molecule has 0 radical (unpaired) electrons. The number of rotatable bonds is 1. The molecule has 1 aromatic rings. The maximum Gasteiger partial charge on any atom is 0.270 e. The van der Waals surface area contributed by atoms with Gasteiger partial charge in [-0.1, -0.05) is 0 Å². The van der Waals surface area contributed by atoms with Crippen molar-refractivity contribution in [1.82, 2.24) is 0 Å². The molecule has 0 saturated carbocycles. The lowest BCUT2D eigenvalue weighted by Gasteiger charge is -2.16. The van der Waals surface area contributed by atoms with Crippen LogP contribution in [-0.4, -0.2) is 17.9 Å². The first-order valence-electron chi connectivity index (χ1n) is 5.34. The molecule has 90 valence electrons. The van der Waals surface area contributed by atoms with E-state index in [9.17, 15) is 14.9 Å². The van der Waals surface area contributed by atoms with Gasteiger partial charge in [0.15, 0.2) is 0 Å². The Labute approximate surface area is 99.2 Å².